The molecule has 1 aromatic heterocycles. The Morgan fingerprint density at radius 2 is 2.33 bits per heavy atom. The van der Waals surface area contributed by atoms with Crippen LogP contribution in [0.15, 0.2) is 28.8 Å². The topological polar surface area (TPSA) is 70.5 Å². The standard InChI is InChI=1S/C15H18N2O3S/c1-18-12-6-2-5-11(13-8-14(16)17-20-13)15(12)19-10-4-3-7-21-9-10/h2,5-6,8,10H,3-4,7,9H2,1H3,(H2,16,17). The number of nitrogen functional groups attached to an aromatic ring is 1. The van der Waals surface area contributed by atoms with Crippen molar-refractivity contribution in [1.29, 1.82) is 0 Å². The molecule has 2 heterocycles. The molecule has 1 aliphatic heterocycles. The molecule has 1 unspecified atom stereocenters. The van der Waals surface area contributed by atoms with Gasteiger partial charge in [-0.05, 0) is 30.7 Å². The van der Waals surface area contributed by atoms with Crippen LogP contribution in [0.1, 0.15) is 12.8 Å². The Morgan fingerprint density at radius 3 is 3.00 bits per heavy atom. The van der Waals surface area contributed by atoms with Crippen molar-refractivity contribution in [2.45, 2.75) is 18.9 Å². The lowest BCUT2D eigenvalue weighted by Gasteiger charge is -2.24. The van der Waals surface area contributed by atoms with E-state index in [0.29, 0.717) is 23.1 Å². The molecule has 112 valence electrons. The van der Waals surface area contributed by atoms with Gasteiger partial charge in [-0.1, -0.05) is 11.2 Å². The molecule has 3 rings (SSSR count). The van der Waals surface area contributed by atoms with Gasteiger partial charge >= 0.3 is 0 Å². The van der Waals surface area contributed by atoms with E-state index in [2.05, 4.69) is 5.16 Å². The van der Waals surface area contributed by atoms with E-state index in [9.17, 15) is 0 Å². The fourth-order valence-electron chi connectivity index (χ4n) is 2.38. The maximum Gasteiger partial charge on any atom is 0.172 e. The predicted octanol–water partition coefficient (Wildman–Crippen LogP) is 3.21. The minimum Gasteiger partial charge on any atom is -0.493 e. The smallest absolute Gasteiger partial charge is 0.172 e. The molecule has 0 radical (unpaired) electrons. The molecule has 0 bridgehead atoms. The van der Waals surface area contributed by atoms with E-state index in [1.54, 1.807) is 13.2 Å². The summed E-state index contributed by atoms with van der Waals surface area (Å²) >= 11 is 1.92. The van der Waals surface area contributed by atoms with Crippen LogP contribution in [0.25, 0.3) is 11.3 Å². The summed E-state index contributed by atoms with van der Waals surface area (Å²) in [6.45, 7) is 0. The van der Waals surface area contributed by atoms with Gasteiger partial charge in [0.05, 0.1) is 12.7 Å². The highest BCUT2D eigenvalue weighted by molar-refractivity contribution is 7.99. The highest BCUT2D eigenvalue weighted by atomic mass is 32.2. The Bertz CT molecular complexity index is 609. The summed E-state index contributed by atoms with van der Waals surface area (Å²) in [6, 6.07) is 7.40. The van der Waals surface area contributed by atoms with Crippen LogP contribution in [0.2, 0.25) is 0 Å². The Hall–Kier alpha value is -1.82. The number of hydrogen-bond donors (Lipinski definition) is 1. The molecule has 6 heteroatoms. The van der Waals surface area contributed by atoms with E-state index in [1.807, 2.05) is 30.0 Å². The van der Waals surface area contributed by atoms with E-state index in [-0.39, 0.29) is 6.10 Å². The number of aromatic nitrogens is 1. The van der Waals surface area contributed by atoms with Gasteiger partial charge in [0, 0.05) is 11.8 Å². The van der Waals surface area contributed by atoms with Crippen LogP contribution in [0.3, 0.4) is 0 Å². The van der Waals surface area contributed by atoms with Crippen LogP contribution in [-0.2, 0) is 0 Å². The molecule has 1 saturated heterocycles. The van der Waals surface area contributed by atoms with E-state index < -0.39 is 0 Å². The van der Waals surface area contributed by atoms with Gasteiger partial charge in [0.15, 0.2) is 23.1 Å². The normalized spacial score (nSPS) is 18.4. The minimum absolute atomic E-state index is 0.194. The van der Waals surface area contributed by atoms with Crippen molar-refractivity contribution in [2.24, 2.45) is 0 Å². The molecule has 21 heavy (non-hydrogen) atoms. The van der Waals surface area contributed by atoms with Crippen LogP contribution in [0.4, 0.5) is 5.82 Å². The molecule has 5 nitrogen and oxygen atoms in total. The summed E-state index contributed by atoms with van der Waals surface area (Å²) in [6.07, 6.45) is 2.43. The summed E-state index contributed by atoms with van der Waals surface area (Å²) in [5.74, 6) is 4.53. The van der Waals surface area contributed by atoms with Gasteiger partial charge < -0.3 is 19.7 Å². The maximum absolute atomic E-state index is 6.20. The largest absolute Gasteiger partial charge is 0.493 e. The maximum atomic E-state index is 6.20. The van der Waals surface area contributed by atoms with Gasteiger partial charge in [0.25, 0.3) is 0 Å². The minimum atomic E-state index is 0.194. The monoisotopic (exact) mass is 306 g/mol. The van der Waals surface area contributed by atoms with Crippen LogP contribution < -0.4 is 15.2 Å². The van der Waals surface area contributed by atoms with E-state index in [1.165, 1.54) is 12.2 Å². The number of methoxy groups -OCH3 is 1. The summed E-state index contributed by atoms with van der Waals surface area (Å²) in [4.78, 5) is 0. The summed E-state index contributed by atoms with van der Waals surface area (Å²) < 4.78 is 16.9. The fraction of sp³-hybridized carbons (Fsp3) is 0.400. The van der Waals surface area contributed by atoms with Crippen molar-refractivity contribution in [2.75, 3.05) is 24.3 Å². The van der Waals surface area contributed by atoms with Crippen LogP contribution >= 0.6 is 11.8 Å². The van der Waals surface area contributed by atoms with Crippen LogP contribution in [-0.4, -0.2) is 29.9 Å². The number of para-hydroxylation sites is 1. The number of nitrogens with two attached hydrogens (primary N) is 1. The van der Waals surface area contributed by atoms with Crippen LogP contribution in [0, 0.1) is 0 Å². The molecule has 0 amide bonds. The number of ether oxygens (including phenoxy) is 2. The molecule has 1 fully saturated rings. The zero-order chi connectivity index (χ0) is 14.7. The second-order valence-corrected chi connectivity index (χ2v) is 6.06. The lowest BCUT2D eigenvalue weighted by Crippen LogP contribution is -2.23. The van der Waals surface area contributed by atoms with Gasteiger partial charge in [-0.2, -0.15) is 11.8 Å². The molecular formula is C15H18N2O3S. The zero-order valence-corrected chi connectivity index (χ0v) is 12.7. The first-order valence-electron chi connectivity index (χ1n) is 6.92. The number of nitrogens with zero attached hydrogens (tertiary/aromatic N) is 1. The number of benzene rings is 1. The van der Waals surface area contributed by atoms with Crippen LogP contribution in [0.5, 0.6) is 11.5 Å². The molecule has 0 aliphatic carbocycles. The van der Waals surface area contributed by atoms with Crippen molar-refractivity contribution in [1.82, 2.24) is 5.16 Å². The number of thioether (sulfide) groups is 1. The second-order valence-electron chi connectivity index (χ2n) is 4.91. The first-order chi connectivity index (χ1) is 10.3. The van der Waals surface area contributed by atoms with Gasteiger partial charge in [0.2, 0.25) is 0 Å². The third kappa shape index (κ3) is 3.10. The number of hydrogen-bond acceptors (Lipinski definition) is 6. The van der Waals surface area contributed by atoms with Crippen molar-refractivity contribution in [3.8, 4) is 22.8 Å². The van der Waals surface area contributed by atoms with Gasteiger partial charge in [-0.25, -0.2) is 0 Å². The molecule has 1 aliphatic rings. The number of rotatable bonds is 4. The third-order valence-corrected chi connectivity index (χ3v) is 4.58. The molecule has 2 N–H and O–H groups in total. The Labute approximate surface area is 127 Å². The average Bonchev–Trinajstić information content (AvgIpc) is 2.95. The Morgan fingerprint density at radius 1 is 1.43 bits per heavy atom. The van der Waals surface area contributed by atoms with E-state index >= 15 is 0 Å². The fourth-order valence-corrected chi connectivity index (χ4v) is 3.41. The van der Waals surface area contributed by atoms with Gasteiger partial charge in [-0.3, -0.25) is 0 Å². The lowest BCUT2D eigenvalue weighted by atomic mass is 10.1. The average molecular weight is 306 g/mol. The zero-order valence-electron chi connectivity index (χ0n) is 11.9. The lowest BCUT2D eigenvalue weighted by molar-refractivity contribution is 0.203. The molecule has 2 aromatic rings. The van der Waals surface area contributed by atoms with Crippen molar-refractivity contribution < 1.29 is 14.0 Å². The van der Waals surface area contributed by atoms with Crippen molar-refractivity contribution in [3.05, 3.63) is 24.3 Å². The first kappa shape index (κ1) is 14.1. The molecule has 1 atom stereocenters. The molecule has 1 aromatic carbocycles. The second kappa shape index (κ2) is 6.30. The van der Waals surface area contributed by atoms with Gasteiger partial charge in [-0.15, -0.1) is 0 Å². The Kier molecular flexibility index (Phi) is 4.24. The van der Waals surface area contributed by atoms with Crippen molar-refractivity contribution in [3.63, 3.8) is 0 Å². The quantitative estimate of drug-likeness (QED) is 0.935. The van der Waals surface area contributed by atoms with E-state index in [4.69, 9.17) is 19.7 Å². The molecule has 0 spiro atoms. The molecular weight excluding hydrogens is 288 g/mol. The van der Waals surface area contributed by atoms with E-state index in [0.717, 1.165) is 17.7 Å². The molecule has 0 saturated carbocycles. The third-order valence-electron chi connectivity index (χ3n) is 3.40. The first-order valence-corrected chi connectivity index (χ1v) is 8.07. The highest BCUT2D eigenvalue weighted by Gasteiger charge is 2.21. The summed E-state index contributed by atoms with van der Waals surface area (Å²) in [5, 5.41) is 3.74. The highest BCUT2D eigenvalue weighted by Crippen LogP contribution is 2.40. The number of anilines is 1. The SMILES string of the molecule is COc1cccc(-c2cc(N)no2)c1OC1CCCSC1. The predicted molar refractivity (Wildman–Crippen MR) is 83.9 cm³/mol. The van der Waals surface area contributed by atoms with Gasteiger partial charge in [0.1, 0.15) is 6.10 Å². The summed E-state index contributed by atoms with van der Waals surface area (Å²) in [7, 11) is 1.64. The Balaban J connectivity index is 1.95. The summed E-state index contributed by atoms with van der Waals surface area (Å²) in [5.41, 5.74) is 6.45. The van der Waals surface area contributed by atoms with Crippen molar-refractivity contribution >= 4 is 17.6 Å².